The standard InChI is InChI=1S/C15H12BrClO3S/c16-11-3-1-2-10(8-11)9-20-15(19)7-4-12(18)13-5-6-14(17)21-13/h1-3,5-6,8H,4,7,9H2. The molecule has 2 aromatic rings. The Morgan fingerprint density at radius 3 is 2.67 bits per heavy atom. The third kappa shape index (κ3) is 5.26. The van der Waals surface area contributed by atoms with Gasteiger partial charge in [-0.1, -0.05) is 39.7 Å². The van der Waals surface area contributed by atoms with Gasteiger partial charge in [0.2, 0.25) is 0 Å². The van der Waals surface area contributed by atoms with E-state index in [1.807, 2.05) is 24.3 Å². The van der Waals surface area contributed by atoms with E-state index in [1.54, 1.807) is 12.1 Å². The third-order valence-corrected chi connectivity index (χ3v) is 4.46. The first-order valence-corrected chi connectivity index (χ1v) is 8.22. The molecule has 6 heteroatoms. The third-order valence-electron chi connectivity index (χ3n) is 2.69. The van der Waals surface area contributed by atoms with Crippen molar-refractivity contribution in [3.8, 4) is 0 Å². The molecule has 0 spiro atoms. The molecular formula is C15H12BrClO3S. The zero-order valence-electron chi connectivity index (χ0n) is 11.0. The summed E-state index contributed by atoms with van der Waals surface area (Å²) in [7, 11) is 0. The molecule has 1 heterocycles. The Hall–Kier alpha value is -1.17. The molecule has 0 aliphatic rings. The molecule has 0 N–H and O–H groups in total. The zero-order chi connectivity index (χ0) is 15.2. The van der Waals surface area contributed by atoms with Crippen molar-refractivity contribution in [1.29, 1.82) is 0 Å². The number of hydrogen-bond acceptors (Lipinski definition) is 4. The van der Waals surface area contributed by atoms with Gasteiger partial charge in [-0.05, 0) is 29.8 Å². The Morgan fingerprint density at radius 1 is 1.19 bits per heavy atom. The van der Waals surface area contributed by atoms with Crippen LogP contribution in [0.5, 0.6) is 0 Å². The van der Waals surface area contributed by atoms with Crippen LogP contribution in [0.2, 0.25) is 4.34 Å². The van der Waals surface area contributed by atoms with Gasteiger partial charge in [-0.15, -0.1) is 11.3 Å². The summed E-state index contributed by atoms with van der Waals surface area (Å²) in [6.45, 7) is 0.206. The van der Waals surface area contributed by atoms with E-state index in [-0.39, 0.29) is 31.2 Å². The predicted molar refractivity (Wildman–Crippen MR) is 86.8 cm³/mol. The first-order valence-electron chi connectivity index (χ1n) is 6.23. The molecule has 0 fully saturated rings. The van der Waals surface area contributed by atoms with Crippen LogP contribution >= 0.6 is 38.9 Å². The molecule has 1 aromatic heterocycles. The number of hydrogen-bond donors (Lipinski definition) is 0. The van der Waals surface area contributed by atoms with Crippen molar-refractivity contribution in [1.82, 2.24) is 0 Å². The number of carbonyl (C=O) groups is 2. The van der Waals surface area contributed by atoms with Gasteiger partial charge in [-0.3, -0.25) is 9.59 Å². The molecule has 21 heavy (non-hydrogen) atoms. The minimum atomic E-state index is -0.383. The SMILES string of the molecule is O=C(CCC(=O)c1ccc(Cl)s1)OCc1cccc(Br)c1. The molecule has 3 nitrogen and oxygen atoms in total. The molecule has 0 saturated heterocycles. The van der Waals surface area contributed by atoms with Crippen molar-refractivity contribution < 1.29 is 14.3 Å². The van der Waals surface area contributed by atoms with E-state index in [4.69, 9.17) is 16.3 Å². The minimum absolute atomic E-state index is 0.0718. The molecule has 0 aliphatic carbocycles. The molecule has 0 bridgehead atoms. The average Bonchev–Trinajstić information content (AvgIpc) is 2.89. The average molecular weight is 388 g/mol. The van der Waals surface area contributed by atoms with Crippen molar-refractivity contribution >= 4 is 50.6 Å². The van der Waals surface area contributed by atoms with Crippen LogP contribution < -0.4 is 0 Å². The van der Waals surface area contributed by atoms with E-state index in [2.05, 4.69) is 15.9 Å². The number of ketones is 1. The zero-order valence-corrected chi connectivity index (χ0v) is 14.1. The number of halogens is 2. The molecule has 110 valence electrons. The summed E-state index contributed by atoms with van der Waals surface area (Å²) >= 11 is 10.3. The van der Waals surface area contributed by atoms with E-state index >= 15 is 0 Å². The summed E-state index contributed by atoms with van der Waals surface area (Å²) < 4.78 is 6.64. The first kappa shape index (κ1) is 16.2. The van der Waals surface area contributed by atoms with Gasteiger partial charge in [-0.2, -0.15) is 0 Å². The lowest BCUT2D eigenvalue weighted by Gasteiger charge is -2.05. The van der Waals surface area contributed by atoms with Crippen LogP contribution in [0.4, 0.5) is 0 Å². The maximum Gasteiger partial charge on any atom is 0.306 e. The van der Waals surface area contributed by atoms with Crippen molar-refractivity contribution in [2.45, 2.75) is 19.4 Å². The van der Waals surface area contributed by atoms with Crippen LogP contribution in [-0.2, 0) is 16.1 Å². The van der Waals surface area contributed by atoms with Crippen LogP contribution in [0.3, 0.4) is 0 Å². The number of carbonyl (C=O) groups excluding carboxylic acids is 2. The van der Waals surface area contributed by atoms with E-state index in [0.717, 1.165) is 10.0 Å². The van der Waals surface area contributed by atoms with Crippen molar-refractivity contribution in [2.75, 3.05) is 0 Å². The van der Waals surface area contributed by atoms with E-state index in [9.17, 15) is 9.59 Å². The maximum atomic E-state index is 11.8. The molecule has 0 amide bonds. The van der Waals surface area contributed by atoms with Gasteiger partial charge in [-0.25, -0.2) is 0 Å². The smallest absolute Gasteiger partial charge is 0.306 e. The Morgan fingerprint density at radius 2 is 2.00 bits per heavy atom. The molecule has 0 radical (unpaired) electrons. The van der Waals surface area contributed by atoms with E-state index in [0.29, 0.717) is 9.21 Å². The summed E-state index contributed by atoms with van der Waals surface area (Å²) in [5.41, 5.74) is 0.897. The van der Waals surface area contributed by atoms with Gasteiger partial charge in [0.05, 0.1) is 15.6 Å². The fourth-order valence-electron chi connectivity index (χ4n) is 1.67. The molecule has 1 aromatic carbocycles. The number of ether oxygens (including phenoxy) is 1. The van der Waals surface area contributed by atoms with Gasteiger partial charge >= 0.3 is 5.97 Å². The number of thiophene rings is 1. The summed E-state index contributed by atoms with van der Waals surface area (Å²) in [4.78, 5) is 24.0. The second-order valence-electron chi connectivity index (χ2n) is 4.32. The number of Topliss-reactive ketones (excluding diaryl/α,β-unsaturated/α-hetero) is 1. The maximum absolute atomic E-state index is 11.8. The lowest BCUT2D eigenvalue weighted by molar-refractivity contribution is -0.144. The summed E-state index contributed by atoms with van der Waals surface area (Å²) in [5, 5.41) is 0. The van der Waals surface area contributed by atoms with Crippen LogP contribution in [0.1, 0.15) is 28.1 Å². The van der Waals surface area contributed by atoms with Gasteiger partial charge < -0.3 is 4.74 Å². The highest BCUT2D eigenvalue weighted by Gasteiger charge is 2.12. The number of rotatable bonds is 6. The number of benzene rings is 1. The normalized spacial score (nSPS) is 10.4. The van der Waals surface area contributed by atoms with Crippen molar-refractivity contribution in [2.24, 2.45) is 0 Å². The fourth-order valence-corrected chi connectivity index (χ4v) is 3.12. The van der Waals surface area contributed by atoms with Crippen LogP contribution in [-0.4, -0.2) is 11.8 Å². The predicted octanol–water partition coefficient (Wildman–Crippen LogP) is 4.87. The quantitative estimate of drug-likeness (QED) is 0.524. The van der Waals surface area contributed by atoms with Gasteiger partial charge in [0.1, 0.15) is 6.61 Å². The molecule has 0 unspecified atom stereocenters. The second kappa shape index (κ2) is 7.73. The highest BCUT2D eigenvalue weighted by Crippen LogP contribution is 2.23. The summed E-state index contributed by atoms with van der Waals surface area (Å²) in [5.74, 6) is -0.475. The van der Waals surface area contributed by atoms with Crippen LogP contribution in [0.25, 0.3) is 0 Å². The molecular weight excluding hydrogens is 376 g/mol. The molecule has 0 atom stereocenters. The Kier molecular flexibility index (Phi) is 5.96. The summed E-state index contributed by atoms with van der Waals surface area (Å²) in [6, 6.07) is 10.9. The minimum Gasteiger partial charge on any atom is -0.461 e. The summed E-state index contributed by atoms with van der Waals surface area (Å²) in [6.07, 6.45) is 0.205. The Balaban J connectivity index is 1.76. The molecule has 2 rings (SSSR count). The van der Waals surface area contributed by atoms with Gasteiger partial charge in [0.15, 0.2) is 5.78 Å². The molecule has 0 aliphatic heterocycles. The van der Waals surface area contributed by atoms with Crippen molar-refractivity contribution in [3.05, 3.63) is 55.6 Å². The monoisotopic (exact) mass is 386 g/mol. The lowest BCUT2D eigenvalue weighted by Crippen LogP contribution is -2.07. The number of esters is 1. The van der Waals surface area contributed by atoms with Crippen LogP contribution in [0, 0.1) is 0 Å². The first-order chi connectivity index (χ1) is 10.0. The Labute approximate surface area is 140 Å². The fraction of sp³-hybridized carbons (Fsp3) is 0.200. The van der Waals surface area contributed by atoms with Gasteiger partial charge in [0.25, 0.3) is 0 Å². The molecule has 0 saturated carbocycles. The van der Waals surface area contributed by atoms with E-state index < -0.39 is 0 Å². The Bertz CT molecular complexity index is 654. The van der Waals surface area contributed by atoms with E-state index in [1.165, 1.54) is 11.3 Å². The lowest BCUT2D eigenvalue weighted by atomic mass is 10.2. The largest absolute Gasteiger partial charge is 0.461 e. The van der Waals surface area contributed by atoms with Crippen LogP contribution in [0.15, 0.2) is 40.9 Å². The topological polar surface area (TPSA) is 43.4 Å². The highest BCUT2D eigenvalue weighted by molar-refractivity contribution is 9.10. The highest BCUT2D eigenvalue weighted by atomic mass is 79.9. The second-order valence-corrected chi connectivity index (χ2v) is 6.95. The van der Waals surface area contributed by atoms with Crippen molar-refractivity contribution in [3.63, 3.8) is 0 Å². The van der Waals surface area contributed by atoms with Gasteiger partial charge in [0, 0.05) is 10.9 Å².